The van der Waals surface area contributed by atoms with Crippen molar-refractivity contribution in [3.8, 4) is 11.3 Å². The number of hydrogen-bond donors (Lipinski definition) is 0. The summed E-state index contributed by atoms with van der Waals surface area (Å²) >= 11 is 0. The number of piperazine rings is 1. The van der Waals surface area contributed by atoms with Crippen LogP contribution in [0.1, 0.15) is 13.3 Å². The molecule has 3 aliphatic rings. The van der Waals surface area contributed by atoms with Gasteiger partial charge in [-0.2, -0.15) is 4.99 Å². The number of anilines is 1. The summed E-state index contributed by atoms with van der Waals surface area (Å²) < 4.78 is 0. The number of aliphatic imine (C=N–C) groups is 1. The molecule has 1 saturated heterocycles. The number of allylic oxidation sites excluding steroid dienone is 2. The zero-order valence-electron chi connectivity index (χ0n) is 17.9. The molecule has 1 aromatic carbocycles. The number of hydrogen-bond acceptors (Lipinski definition) is 6. The van der Waals surface area contributed by atoms with Crippen molar-refractivity contribution in [1.29, 1.82) is 0 Å². The molecule has 1 atom stereocenters. The maximum Gasteiger partial charge on any atom is 0.250 e. The van der Waals surface area contributed by atoms with E-state index in [4.69, 9.17) is 0 Å². The van der Waals surface area contributed by atoms with Crippen LogP contribution in [0.15, 0.2) is 72.1 Å². The molecule has 5 rings (SSSR count). The number of amidine groups is 1. The molecule has 32 heavy (non-hydrogen) atoms. The molecule has 4 heterocycles. The third-order valence-corrected chi connectivity index (χ3v) is 6.18. The fourth-order valence-electron chi connectivity index (χ4n) is 4.43. The van der Waals surface area contributed by atoms with Gasteiger partial charge in [0.05, 0.1) is 12.1 Å². The van der Waals surface area contributed by atoms with Crippen molar-refractivity contribution in [3.63, 3.8) is 0 Å². The lowest BCUT2D eigenvalue weighted by Crippen LogP contribution is -2.63. The second kappa shape index (κ2) is 8.03. The Morgan fingerprint density at radius 3 is 2.59 bits per heavy atom. The largest absolute Gasteiger partial charge is 0.353 e. The first kappa shape index (κ1) is 20.1. The molecule has 2 aromatic rings. The highest BCUT2D eigenvalue weighted by Crippen LogP contribution is 2.30. The predicted octanol–water partition coefficient (Wildman–Crippen LogP) is 2.27. The lowest BCUT2D eigenvalue weighted by atomic mass is 9.90. The van der Waals surface area contributed by atoms with Crippen molar-refractivity contribution < 1.29 is 9.59 Å². The second-order valence-electron chi connectivity index (χ2n) is 8.29. The Labute approximate surface area is 186 Å². The first-order valence-corrected chi connectivity index (χ1v) is 10.7. The fraction of sp³-hybridized carbons (Fsp3) is 0.292. The lowest BCUT2D eigenvalue weighted by Gasteiger charge is -2.46. The Kier molecular flexibility index (Phi) is 5.05. The SMILES string of the molecule is CC1(C(=O)N2CCN(c3cc(-c4ccccc4)ncn3)CC2)CC(=O)N=C2C=CC=CN21. The van der Waals surface area contributed by atoms with E-state index in [0.717, 1.165) is 17.1 Å². The summed E-state index contributed by atoms with van der Waals surface area (Å²) in [6, 6.07) is 12.0. The number of carbonyl (C=O) groups excluding carboxylic acids is 2. The van der Waals surface area contributed by atoms with Gasteiger partial charge in [-0.05, 0) is 19.1 Å². The van der Waals surface area contributed by atoms with Crippen molar-refractivity contribution in [1.82, 2.24) is 19.8 Å². The number of fused-ring (bicyclic) bond motifs is 1. The van der Waals surface area contributed by atoms with Crippen LogP contribution in [0.2, 0.25) is 0 Å². The first-order chi connectivity index (χ1) is 15.5. The third-order valence-electron chi connectivity index (χ3n) is 6.18. The Morgan fingerprint density at radius 2 is 1.81 bits per heavy atom. The van der Waals surface area contributed by atoms with Gasteiger partial charge in [0.1, 0.15) is 23.5 Å². The van der Waals surface area contributed by atoms with E-state index in [0.29, 0.717) is 32.0 Å². The smallest absolute Gasteiger partial charge is 0.250 e. The summed E-state index contributed by atoms with van der Waals surface area (Å²) in [4.78, 5) is 44.5. The molecule has 8 nitrogen and oxygen atoms in total. The monoisotopic (exact) mass is 428 g/mol. The first-order valence-electron chi connectivity index (χ1n) is 10.7. The summed E-state index contributed by atoms with van der Waals surface area (Å²) in [5.74, 6) is 1.06. The molecule has 1 fully saturated rings. The summed E-state index contributed by atoms with van der Waals surface area (Å²) in [6.45, 7) is 4.28. The molecule has 162 valence electrons. The van der Waals surface area contributed by atoms with Crippen LogP contribution >= 0.6 is 0 Å². The molecule has 0 radical (unpaired) electrons. The minimum absolute atomic E-state index is 0.0505. The summed E-state index contributed by atoms with van der Waals surface area (Å²) in [6.07, 6.45) is 8.92. The number of aromatic nitrogens is 2. The van der Waals surface area contributed by atoms with E-state index in [9.17, 15) is 9.59 Å². The Balaban J connectivity index is 1.30. The van der Waals surface area contributed by atoms with Crippen LogP contribution in [-0.2, 0) is 9.59 Å². The Bertz CT molecular complexity index is 1130. The number of benzene rings is 1. The standard InChI is InChI=1S/C24H24N6O2/c1-24(16-22(31)27-20-9-5-6-10-30(20)24)23(32)29-13-11-28(12-14-29)21-15-19(25-17-26-21)18-7-3-2-4-8-18/h2-10,15,17H,11-14,16H2,1H3. The highest BCUT2D eigenvalue weighted by Gasteiger charge is 2.47. The number of carbonyl (C=O) groups is 2. The quantitative estimate of drug-likeness (QED) is 0.746. The van der Waals surface area contributed by atoms with Crippen LogP contribution in [0.5, 0.6) is 0 Å². The topological polar surface area (TPSA) is 82.0 Å². The fourth-order valence-corrected chi connectivity index (χ4v) is 4.43. The van der Waals surface area contributed by atoms with Crippen LogP contribution < -0.4 is 4.90 Å². The van der Waals surface area contributed by atoms with Crippen molar-refractivity contribution in [2.45, 2.75) is 18.9 Å². The van der Waals surface area contributed by atoms with Crippen molar-refractivity contribution in [2.24, 2.45) is 4.99 Å². The van der Waals surface area contributed by atoms with E-state index in [1.54, 1.807) is 12.4 Å². The summed E-state index contributed by atoms with van der Waals surface area (Å²) in [7, 11) is 0. The van der Waals surface area contributed by atoms with Crippen molar-refractivity contribution in [2.75, 3.05) is 31.1 Å². The minimum atomic E-state index is -0.965. The maximum atomic E-state index is 13.5. The molecular formula is C24H24N6O2. The average molecular weight is 428 g/mol. The third kappa shape index (κ3) is 3.57. The van der Waals surface area contributed by atoms with Gasteiger partial charge in [0, 0.05) is 44.0 Å². The molecule has 0 aliphatic carbocycles. The van der Waals surface area contributed by atoms with E-state index in [1.165, 1.54) is 0 Å². The molecule has 0 N–H and O–H groups in total. The average Bonchev–Trinajstić information content (AvgIpc) is 2.84. The van der Waals surface area contributed by atoms with Crippen LogP contribution in [0.4, 0.5) is 5.82 Å². The highest BCUT2D eigenvalue weighted by atomic mass is 16.2. The van der Waals surface area contributed by atoms with Crippen LogP contribution in [0.25, 0.3) is 11.3 Å². The van der Waals surface area contributed by atoms with Crippen molar-refractivity contribution in [3.05, 3.63) is 67.2 Å². The van der Waals surface area contributed by atoms with Gasteiger partial charge in [-0.15, -0.1) is 0 Å². The van der Waals surface area contributed by atoms with Gasteiger partial charge in [-0.1, -0.05) is 36.4 Å². The Morgan fingerprint density at radius 1 is 1.03 bits per heavy atom. The lowest BCUT2D eigenvalue weighted by molar-refractivity contribution is -0.144. The van der Waals surface area contributed by atoms with Crippen LogP contribution in [0.3, 0.4) is 0 Å². The van der Waals surface area contributed by atoms with Crippen LogP contribution in [0, 0.1) is 0 Å². The van der Waals surface area contributed by atoms with Gasteiger partial charge in [0.15, 0.2) is 0 Å². The van der Waals surface area contributed by atoms with Gasteiger partial charge >= 0.3 is 0 Å². The highest BCUT2D eigenvalue weighted by molar-refractivity contribution is 6.09. The molecule has 1 aromatic heterocycles. The van der Waals surface area contributed by atoms with Gasteiger partial charge in [0.2, 0.25) is 5.91 Å². The van der Waals surface area contributed by atoms with Gasteiger partial charge in [0.25, 0.3) is 5.91 Å². The van der Waals surface area contributed by atoms with Gasteiger partial charge < -0.3 is 14.7 Å². The Hall–Kier alpha value is -3.81. The number of rotatable bonds is 3. The van der Waals surface area contributed by atoms with E-state index in [1.807, 2.05) is 71.5 Å². The zero-order valence-corrected chi connectivity index (χ0v) is 17.9. The van der Waals surface area contributed by atoms with E-state index >= 15 is 0 Å². The summed E-state index contributed by atoms with van der Waals surface area (Å²) in [5.41, 5.74) is 0.951. The molecule has 0 bridgehead atoms. The molecule has 8 heteroatoms. The number of amides is 2. The second-order valence-corrected chi connectivity index (χ2v) is 8.29. The van der Waals surface area contributed by atoms with Gasteiger partial charge in [-0.3, -0.25) is 9.59 Å². The van der Waals surface area contributed by atoms with E-state index in [2.05, 4.69) is 19.9 Å². The summed E-state index contributed by atoms with van der Waals surface area (Å²) in [5, 5.41) is 0. The zero-order chi connectivity index (χ0) is 22.1. The molecule has 3 aliphatic heterocycles. The maximum absolute atomic E-state index is 13.5. The molecule has 0 saturated carbocycles. The molecule has 0 spiro atoms. The van der Waals surface area contributed by atoms with E-state index in [-0.39, 0.29) is 18.2 Å². The van der Waals surface area contributed by atoms with Gasteiger partial charge in [-0.25, -0.2) is 9.97 Å². The normalized spacial score (nSPS) is 22.6. The molecule has 2 amide bonds. The van der Waals surface area contributed by atoms with Crippen molar-refractivity contribution >= 4 is 23.5 Å². The minimum Gasteiger partial charge on any atom is -0.353 e. The predicted molar refractivity (Wildman–Crippen MR) is 122 cm³/mol. The molecular weight excluding hydrogens is 404 g/mol. The van der Waals surface area contributed by atoms with Crippen LogP contribution in [-0.4, -0.2) is 69.1 Å². The molecule has 1 unspecified atom stereocenters. The van der Waals surface area contributed by atoms with E-state index < -0.39 is 5.54 Å². The number of nitrogens with zero attached hydrogens (tertiary/aromatic N) is 6.